The fraction of sp³-hybridized carbons (Fsp3) is 1.00. The van der Waals surface area contributed by atoms with Crippen LogP contribution in [0.1, 0.15) is 6.92 Å². The van der Waals surface area contributed by atoms with Crippen LogP contribution in [0.25, 0.3) is 0 Å². The highest BCUT2D eigenvalue weighted by Gasteiger charge is 2.39. The standard InChI is InChI=1S/C4H10NO/c1-2-5(6)3-4-5/h6H,2-4H2,1H3/q+1. The SMILES string of the molecule is CC[N+]1(O)CC1. The lowest BCUT2D eigenvalue weighted by molar-refractivity contribution is -0.997. The molecule has 2 nitrogen and oxygen atoms in total. The molecular formula is C4H10NO+. The van der Waals surface area contributed by atoms with Gasteiger partial charge in [-0.05, 0) is 6.92 Å². The number of hydrogen-bond acceptors (Lipinski definition) is 1. The smallest absolute Gasteiger partial charge is 0.161 e. The molecule has 2 heteroatoms. The molecule has 0 bridgehead atoms. The summed E-state index contributed by atoms with van der Waals surface area (Å²) >= 11 is 0. The summed E-state index contributed by atoms with van der Waals surface area (Å²) in [4.78, 5) is 0. The van der Waals surface area contributed by atoms with Crippen molar-refractivity contribution in [2.75, 3.05) is 19.6 Å². The highest BCUT2D eigenvalue weighted by Crippen LogP contribution is 2.13. The Bertz CT molecular complexity index is 58.6. The van der Waals surface area contributed by atoms with Crippen molar-refractivity contribution in [3.8, 4) is 0 Å². The van der Waals surface area contributed by atoms with Gasteiger partial charge in [-0.15, -0.1) is 0 Å². The summed E-state index contributed by atoms with van der Waals surface area (Å²) in [5.74, 6) is 0. The molecule has 0 unspecified atom stereocenters. The minimum absolute atomic E-state index is 0.319. The van der Waals surface area contributed by atoms with E-state index >= 15 is 0 Å². The summed E-state index contributed by atoms with van der Waals surface area (Å²) in [7, 11) is 0. The second-order valence-corrected chi connectivity index (χ2v) is 1.86. The minimum atomic E-state index is 0.319. The first-order chi connectivity index (χ1) is 2.77. The van der Waals surface area contributed by atoms with Crippen LogP contribution in [-0.2, 0) is 0 Å². The third-order valence-electron chi connectivity index (χ3n) is 1.33. The van der Waals surface area contributed by atoms with Crippen molar-refractivity contribution in [1.29, 1.82) is 0 Å². The predicted molar refractivity (Wildman–Crippen MR) is 22.3 cm³/mol. The largest absolute Gasteiger partial charge is 0.217 e. The molecule has 0 atom stereocenters. The van der Waals surface area contributed by atoms with Gasteiger partial charge in [0.1, 0.15) is 6.54 Å². The van der Waals surface area contributed by atoms with Gasteiger partial charge in [0, 0.05) is 0 Å². The second-order valence-electron chi connectivity index (χ2n) is 1.86. The van der Waals surface area contributed by atoms with Gasteiger partial charge >= 0.3 is 0 Å². The molecule has 1 N–H and O–H groups in total. The maximum Gasteiger partial charge on any atom is 0.161 e. The Labute approximate surface area is 37.5 Å². The maximum atomic E-state index is 8.88. The lowest BCUT2D eigenvalue weighted by Crippen LogP contribution is -2.18. The molecule has 0 spiro atoms. The molecule has 1 rings (SSSR count). The number of quaternary nitrogens is 1. The van der Waals surface area contributed by atoms with Crippen molar-refractivity contribution < 1.29 is 9.85 Å². The van der Waals surface area contributed by atoms with Crippen LogP contribution >= 0.6 is 0 Å². The van der Waals surface area contributed by atoms with E-state index in [2.05, 4.69) is 0 Å². The van der Waals surface area contributed by atoms with Crippen molar-refractivity contribution in [2.45, 2.75) is 6.92 Å². The summed E-state index contributed by atoms with van der Waals surface area (Å²) < 4.78 is 0.319. The predicted octanol–water partition coefficient (Wildman–Crippen LogP) is 0.226. The fourth-order valence-electron chi connectivity index (χ4n) is 0.432. The number of hydrogen-bond donors (Lipinski definition) is 1. The van der Waals surface area contributed by atoms with Gasteiger partial charge in [0.15, 0.2) is 13.1 Å². The molecule has 0 amide bonds. The van der Waals surface area contributed by atoms with Crippen LogP contribution in [0, 0.1) is 0 Å². The number of nitrogens with zero attached hydrogens (tertiary/aromatic N) is 1. The van der Waals surface area contributed by atoms with Crippen molar-refractivity contribution >= 4 is 0 Å². The molecular weight excluding hydrogens is 78.0 g/mol. The van der Waals surface area contributed by atoms with Crippen molar-refractivity contribution in [3.05, 3.63) is 0 Å². The van der Waals surface area contributed by atoms with Gasteiger partial charge in [-0.25, -0.2) is 5.21 Å². The van der Waals surface area contributed by atoms with Crippen LogP contribution in [0.2, 0.25) is 0 Å². The molecule has 0 aromatic carbocycles. The van der Waals surface area contributed by atoms with Gasteiger partial charge in [-0.2, -0.15) is 4.65 Å². The van der Waals surface area contributed by atoms with Gasteiger partial charge in [0.05, 0.1) is 0 Å². The average Bonchev–Trinajstić information content (AvgIpc) is 2.22. The molecule has 1 fully saturated rings. The Balaban J connectivity index is 2.28. The van der Waals surface area contributed by atoms with Crippen LogP contribution in [0.4, 0.5) is 0 Å². The van der Waals surface area contributed by atoms with Gasteiger partial charge in [-0.3, -0.25) is 0 Å². The first-order valence-corrected chi connectivity index (χ1v) is 2.36. The first kappa shape index (κ1) is 4.09. The third-order valence-corrected chi connectivity index (χ3v) is 1.33. The highest BCUT2D eigenvalue weighted by atomic mass is 16.6. The first-order valence-electron chi connectivity index (χ1n) is 2.36. The van der Waals surface area contributed by atoms with Crippen molar-refractivity contribution in [3.63, 3.8) is 0 Å². The van der Waals surface area contributed by atoms with Crippen LogP contribution in [0.15, 0.2) is 0 Å². The van der Waals surface area contributed by atoms with E-state index in [0.717, 1.165) is 19.6 Å². The van der Waals surface area contributed by atoms with Crippen molar-refractivity contribution in [2.24, 2.45) is 0 Å². The zero-order valence-electron chi connectivity index (χ0n) is 4.02. The summed E-state index contributed by atoms with van der Waals surface area (Å²) in [5.41, 5.74) is 0. The van der Waals surface area contributed by atoms with Crippen LogP contribution < -0.4 is 0 Å². The molecule has 0 aliphatic carbocycles. The van der Waals surface area contributed by atoms with Gasteiger partial charge in [0.2, 0.25) is 0 Å². The van der Waals surface area contributed by atoms with E-state index in [-0.39, 0.29) is 0 Å². The molecule has 0 radical (unpaired) electrons. The zero-order chi connectivity index (χ0) is 4.62. The molecule has 1 aliphatic heterocycles. The summed E-state index contributed by atoms with van der Waals surface area (Å²) in [6.45, 7) is 4.81. The molecule has 1 saturated heterocycles. The van der Waals surface area contributed by atoms with E-state index in [4.69, 9.17) is 5.21 Å². The van der Waals surface area contributed by atoms with E-state index < -0.39 is 0 Å². The Hall–Kier alpha value is -0.0800. The number of hydroxylamine groups is 3. The van der Waals surface area contributed by atoms with Crippen LogP contribution in [0.5, 0.6) is 0 Å². The van der Waals surface area contributed by atoms with E-state index in [1.165, 1.54) is 0 Å². The van der Waals surface area contributed by atoms with E-state index in [1.54, 1.807) is 0 Å². The van der Waals surface area contributed by atoms with Gasteiger partial charge < -0.3 is 0 Å². The Kier molecular flexibility index (Phi) is 0.648. The lowest BCUT2D eigenvalue weighted by atomic mass is 10.8. The molecule has 36 valence electrons. The quantitative estimate of drug-likeness (QED) is 0.359. The summed E-state index contributed by atoms with van der Waals surface area (Å²) in [5, 5.41) is 8.88. The summed E-state index contributed by atoms with van der Waals surface area (Å²) in [6.07, 6.45) is 0. The molecule has 0 aromatic heterocycles. The average molecular weight is 88.1 g/mol. The normalized spacial score (nSPS) is 27.0. The second kappa shape index (κ2) is 0.950. The van der Waals surface area contributed by atoms with Crippen molar-refractivity contribution in [1.82, 2.24) is 0 Å². The maximum absolute atomic E-state index is 8.88. The zero-order valence-corrected chi connectivity index (χ0v) is 4.02. The number of likely N-dealkylation sites (N-methyl/N-ethyl adjacent to an activating group) is 1. The van der Waals surface area contributed by atoms with E-state index in [0.29, 0.717) is 4.65 Å². The van der Waals surface area contributed by atoms with Crippen LogP contribution in [0.3, 0.4) is 0 Å². The number of rotatable bonds is 1. The fourth-order valence-corrected chi connectivity index (χ4v) is 0.432. The molecule has 0 aromatic rings. The molecule has 6 heavy (non-hydrogen) atoms. The van der Waals surface area contributed by atoms with Gasteiger partial charge in [-0.1, -0.05) is 0 Å². The highest BCUT2D eigenvalue weighted by molar-refractivity contribution is 4.42. The monoisotopic (exact) mass is 88.1 g/mol. The molecule has 1 aliphatic rings. The Morgan fingerprint density at radius 1 is 1.67 bits per heavy atom. The molecule has 0 saturated carbocycles. The minimum Gasteiger partial charge on any atom is -0.217 e. The topological polar surface area (TPSA) is 20.2 Å². The van der Waals surface area contributed by atoms with E-state index in [9.17, 15) is 0 Å². The van der Waals surface area contributed by atoms with E-state index in [1.807, 2.05) is 6.92 Å². The Morgan fingerprint density at radius 2 is 2.17 bits per heavy atom. The lowest BCUT2D eigenvalue weighted by Gasteiger charge is -1.99. The molecule has 1 heterocycles. The third kappa shape index (κ3) is 0.533. The van der Waals surface area contributed by atoms with Gasteiger partial charge in [0.25, 0.3) is 0 Å². The summed E-state index contributed by atoms with van der Waals surface area (Å²) in [6, 6.07) is 0. The Morgan fingerprint density at radius 3 is 2.17 bits per heavy atom. The van der Waals surface area contributed by atoms with Crippen LogP contribution in [-0.4, -0.2) is 29.5 Å².